The summed E-state index contributed by atoms with van der Waals surface area (Å²) in [5.74, 6) is -0.705. The molecule has 0 saturated heterocycles. The van der Waals surface area contributed by atoms with Crippen LogP contribution >= 0.6 is 11.8 Å². The van der Waals surface area contributed by atoms with E-state index in [1.165, 1.54) is 36.9 Å². The van der Waals surface area contributed by atoms with Crippen molar-refractivity contribution in [3.05, 3.63) is 83.9 Å². The maximum atomic E-state index is 13.1. The average molecular weight is 484 g/mol. The van der Waals surface area contributed by atoms with Crippen LogP contribution in [-0.2, 0) is 14.8 Å². The first-order chi connectivity index (χ1) is 15.7. The standard InChI is InChI=1S/C24H25N3O4S2/c1-16(18-9-5-4-6-10-18)25-24(29)20-11-7-8-12-21(20)27-33(30,31)19-13-14-23(32-3)22(15-19)26-17(2)28/h4-16,27H,1-3H3,(H,25,29)(H,26,28). The molecule has 0 radical (unpaired) electrons. The van der Waals surface area contributed by atoms with Gasteiger partial charge in [-0.25, -0.2) is 8.42 Å². The van der Waals surface area contributed by atoms with Gasteiger partial charge in [0.2, 0.25) is 5.91 Å². The van der Waals surface area contributed by atoms with Gasteiger partial charge in [0.05, 0.1) is 27.9 Å². The summed E-state index contributed by atoms with van der Waals surface area (Å²) in [6, 6.07) is 20.1. The van der Waals surface area contributed by atoms with E-state index in [4.69, 9.17) is 0 Å². The topological polar surface area (TPSA) is 104 Å². The largest absolute Gasteiger partial charge is 0.345 e. The van der Waals surface area contributed by atoms with Crippen LogP contribution in [0.25, 0.3) is 0 Å². The fourth-order valence-corrected chi connectivity index (χ4v) is 4.85. The summed E-state index contributed by atoms with van der Waals surface area (Å²) in [6.45, 7) is 3.21. The van der Waals surface area contributed by atoms with E-state index in [9.17, 15) is 18.0 Å². The van der Waals surface area contributed by atoms with E-state index in [0.29, 0.717) is 5.69 Å². The maximum absolute atomic E-state index is 13.1. The van der Waals surface area contributed by atoms with Crippen molar-refractivity contribution in [3.63, 3.8) is 0 Å². The number of benzene rings is 3. The molecule has 9 heteroatoms. The predicted molar refractivity (Wildman–Crippen MR) is 132 cm³/mol. The van der Waals surface area contributed by atoms with Crippen molar-refractivity contribution in [2.24, 2.45) is 0 Å². The normalized spacial score (nSPS) is 12.0. The van der Waals surface area contributed by atoms with E-state index >= 15 is 0 Å². The lowest BCUT2D eigenvalue weighted by molar-refractivity contribution is -0.114. The van der Waals surface area contributed by atoms with E-state index in [2.05, 4.69) is 15.4 Å². The molecule has 33 heavy (non-hydrogen) atoms. The quantitative estimate of drug-likeness (QED) is 0.404. The van der Waals surface area contributed by atoms with E-state index in [-0.39, 0.29) is 28.1 Å². The molecule has 3 aromatic carbocycles. The van der Waals surface area contributed by atoms with Crippen molar-refractivity contribution in [1.29, 1.82) is 0 Å². The van der Waals surface area contributed by atoms with Crippen LogP contribution < -0.4 is 15.4 Å². The Balaban J connectivity index is 1.87. The number of nitrogens with one attached hydrogen (secondary N) is 3. The van der Waals surface area contributed by atoms with Gasteiger partial charge in [-0.05, 0) is 49.1 Å². The summed E-state index contributed by atoms with van der Waals surface area (Å²) in [4.78, 5) is 25.2. The van der Waals surface area contributed by atoms with Crippen LogP contribution in [-0.4, -0.2) is 26.5 Å². The van der Waals surface area contributed by atoms with Gasteiger partial charge in [0.1, 0.15) is 0 Å². The molecular formula is C24H25N3O4S2. The summed E-state index contributed by atoms with van der Waals surface area (Å²) in [7, 11) is -4.02. The van der Waals surface area contributed by atoms with Crippen LogP contribution in [0.3, 0.4) is 0 Å². The van der Waals surface area contributed by atoms with Crippen molar-refractivity contribution in [2.75, 3.05) is 16.3 Å². The maximum Gasteiger partial charge on any atom is 0.261 e. The van der Waals surface area contributed by atoms with Gasteiger partial charge in [0.25, 0.3) is 15.9 Å². The second-order valence-corrected chi connectivity index (χ2v) is 9.83. The Morgan fingerprint density at radius 2 is 1.58 bits per heavy atom. The molecule has 3 N–H and O–H groups in total. The molecule has 0 aromatic heterocycles. The van der Waals surface area contributed by atoms with Gasteiger partial charge in [-0.1, -0.05) is 42.5 Å². The molecule has 1 atom stereocenters. The van der Waals surface area contributed by atoms with Gasteiger partial charge in [0.15, 0.2) is 0 Å². The number of carbonyl (C=O) groups excluding carboxylic acids is 2. The first-order valence-electron chi connectivity index (χ1n) is 10.1. The van der Waals surface area contributed by atoms with Gasteiger partial charge in [-0.2, -0.15) is 0 Å². The highest BCUT2D eigenvalue weighted by molar-refractivity contribution is 7.98. The Morgan fingerprint density at radius 1 is 0.909 bits per heavy atom. The molecule has 0 spiro atoms. The van der Waals surface area contributed by atoms with Crippen LogP contribution in [0.1, 0.15) is 35.8 Å². The number of hydrogen-bond acceptors (Lipinski definition) is 5. The van der Waals surface area contributed by atoms with Crippen LogP contribution in [0.2, 0.25) is 0 Å². The zero-order valence-electron chi connectivity index (χ0n) is 18.5. The van der Waals surface area contributed by atoms with E-state index in [0.717, 1.165) is 10.5 Å². The number of anilines is 2. The lowest BCUT2D eigenvalue weighted by Gasteiger charge is -2.17. The van der Waals surface area contributed by atoms with Crippen LogP contribution in [0.5, 0.6) is 0 Å². The summed E-state index contributed by atoms with van der Waals surface area (Å²) in [6.07, 6.45) is 1.83. The number of carbonyl (C=O) groups is 2. The minimum atomic E-state index is -4.02. The van der Waals surface area contributed by atoms with E-state index in [1.54, 1.807) is 24.3 Å². The number of rotatable bonds is 8. The Hall–Kier alpha value is -3.30. The molecule has 0 aliphatic rings. The smallest absolute Gasteiger partial charge is 0.261 e. The molecule has 3 rings (SSSR count). The monoisotopic (exact) mass is 483 g/mol. The first-order valence-corrected chi connectivity index (χ1v) is 12.9. The van der Waals surface area contributed by atoms with Crippen LogP contribution in [0.4, 0.5) is 11.4 Å². The molecule has 1 unspecified atom stereocenters. The third-order valence-electron chi connectivity index (χ3n) is 4.86. The van der Waals surface area contributed by atoms with Crippen molar-refractivity contribution >= 4 is 45.0 Å². The molecular weight excluding hydrogens is 458 g/mol. The van der Waals surface area contributed by atoms with Gasteiger partial charge in [0, 0.05) is 11.8 Å². The Kier molecular flexibility index (Phi) is 7.78. The number of sulfonamides is 1. The first kappa shape index (κ1) is 24.3. The third kappa shape index (κ3) is 6.15. The number of para-hydroxylation sites is 1. The second-order valence-electron chi connectivity index (χ2n) is 7.30. The molecule has 3 aromatic rings. The fourth-order valence-electron chi connectivity index (χ4n) is 3.21. The Morgan fingerprint density at radius 3 is 2.24 bits per heavy atom. The predicted octanol–water partition coefficient (Wildman–Crippen LogP) is 4.66. The molecule has 0 saturated carbocycles. The average Bonchev–Trinajstić information content (AvgIpc) is 2.79. The lowest BCUT2D eigenvalue weighted by atomic mass is 10.1. The Labute approximate surface area is 198 Å². The van der Waals surface area contributed by atoms with E-state index < -0.39 is 15.9 Å². The summed E-state index contributed by atoms with van der Waals surface area (Å²) in [5, 5.41) is 5.55. The van der Waals surface area contributed by atoms with Crippen molar-refractivity contribution in [3.8, 4) is 0 Å². The number of thioether (sulfide) groups is 1. The zero-order valence-corrected chi connectivity index (χ0v) is 20.1. The minimum Gasteiger partial charge on any atom is -0.345 e. The highest BCUT2D eigenvalue weighted by atomic mass is 32.2. The number of amides is 2. The molecule has 0 heterocycles. The second kappa shape index (κ2) is 10.5. The highest BCUT2D eigenvalue weighted by Crippen LogP contribution is 2.29. The molecule has 0 fully saturated rings. The molecule has 172 valence electrons. The van der Waals surface area contributed by atoms with Crippen LogP contribution in [0.15, 0.2) is 82.6 Å². The SMILES string of the molecule is CSc1ccc(S(=O)(=O)Nc2ccccc2C(=O)NC(C)c2ccccc2)cc1NC(C)=O. The van der Waals surface area contributed by atoms with Crippen LogP contribution in [0, 0.1) is 0 Å². The van der Waals surface area contributed by atoms with Gasteiger partial charge >= 0.3 is 0 Å². The number of hydrogen-bond donors (Lipinski definition) is 3. The highest BCUT2D eigenvalue weighted by Gasteiger charge is 2.21. The summed E-state index contributed by atoms with van der Waals surface area (Å²) >= 11 is 1.39. The molecule has 0 bridgehead atoms. The van der Waals surface area contributed by atoms with Crippen molar-refractivity contribution in [1.82, 2.24) is 5.32 Å². The summed E-state index contributed by atoms with van der Waals surface area (Å²) in [5.41, 5.74) is 1.70. The van der Waals surface area contributed by atoms with Gasteiger partial charge in [-0.15, -0.1) is 11.8 Å². The zero-order chi connectivity index (χ0) is 24.0. The van der Waals surface area contributed by atoms with Gasteiger partial charge < -0.3 is 10.6 Å². The third-order valence-corrected chi connectivity index (χ3v) is 7.01. The molecule has 0 aliphatic heterocycles. The summed E-state index contributed by atoms with van der Waals surface area (Å²) < 4.78 is 28.7. The van der Waals surface area contributed by atoms with Gasteiger partial charge in [-0.3, -0.25) is 14.3 Å². The Bertz CT molecular complexity index is 1260. The molecule has 0 aliphatic carbocycles. The fraction of sp³-hybridized carbons (Fsp3) is 0.167. The van der Waals surface area contributed by atoms with E-state index in [1.807, 2.05) is 43.5 Å². The van der Waals surface area contributed by atoms with Crippen molar-refractivity contribution in [2.45, 2.75) is 29.7 Å². The molecule has 2 amide bonds. The lowest BCUT2D eigenvalue weighted by Crippen LogP contribution is -2.28. The minimum absolute atomic E-state index is 0.0306. The molecule has 7 nitrogen and oxygen atoms in total. The van der Waals surface area contributed by atoms with Crippen molar-refractivity contribution < 1.29 is 18.0 Å².